The molecule has 0 atom stereocenters. The minimum atomic E-state index is 0.529. The number of anilines is 2. The van der Waals surface area contributed by atoms with Gasteiger partial charge in [0.1, 0.15) is 5.82 Å². The van der Waals surface area contributed by atoms with E-state index >= 15 is 0 Å². The van der Waals surface area contributed by atoms with E-state index in [0.29, 0.717) is 5.92 Å². The van der Waals surface area contributed by atoms with Gasteiger partial charge in [0.25, 0.3) is 0 Å². The highest BCUT2D eigenvalue weighted by Crippen LogP contribution is 2.26. The van der Waals surface area contributed by atoms with Gasteiger partial charge in [-0.25, -0.2) is 9.97 Å². The van der Waals surface area contributed by atoms with Crippen molar-refractivity contribution >= 4 is 22.3 Å². The van der Waals surface area contributed by atoms with Gasteiger partial charge in [-0.3, -0.25) is 0 Å². The Morgan fingerprint density at radius 2 is 2.13 bits per heavy atom. The van der Waals surface area contributed by atoms with Crippen molar-refractivity contribution in [2.45, 2.75) is 19.8 Å². The molecule has 0 aliphatic heterocycles. The van der Waals surface area contributed by atoms with E-state index in [0.717, 1.165) is 10.9 Å². The van der Waals surface area contributed by atoms with E-state index in [4.69, 9.17) is 0 Å². The van der Waals surface area contributed by atoms with Gasteiger partial charge in [-0.15, -0.1) is 11.3 Å². The van der Waals surface area contributed by atoms with Crippen LogP contribution in [0.3, 0.4) is 0 Å². The maximum Gasteiger partial charge on any atom is 0.188 e. The number of nitrogens with one attached hydrogen (secondary N) is 1. The molecule has 15 heavy (non-hydrogen) atoms. The number of pyridine rings is 1. The van der Waals surface area contributed by atoms with Gasteiger partial charge in [0, 0.05) is 17.3 Å². The lowest BCUT2D eigenvalue weighted by atomic mass is 10.2. The van der Waals surface area contributed by atoms with Crippen LogP contribution in [0.4, 0.5) is 10.9 Å². The highest BCUT2D eigenvalue weighted by atomic mass is 32.1. The second-order valence-electron chi connectivity index (χ2n) is 3.56. The molecular weight excluding hydrogens is 206 g/mol. The summed E-state index contributed by atoms with van der Waals surface area (Å²) in [5.74, 6) is 1.36. The second-order valence-corrected chi connectivity index (χ2v) is 4.62. The van der Waals surface area contributed by atoms with Gasteiger partial charge in [-0.05, 0) is 18.1 Å². The number of hydrogen-bond donors (Lipinski definition) is 1. The third-order valence-corrected chi connectivity index (χ3v) is 3.21. The molecule has 4 heteroatoms. The summed E-state index contributed by atoms with van der Waals surface area (Å²) in [6.07, 6.45) is 3.68. The Hall–Kier alpha value is -1.42. The Balaban J connectivity index is 2.12. The Kier molecular flexibility index (Phi) is 2.97. The maximum absolute atomic E-state index is 4.30. The normalized spacial score (nSPS) is 10.6. The van der Waals surface area contributed by atoms with Crippen LogP contribution in [0.1, 0.15) is 24.6 Å². The number of nitrogens with zero attached hydrogens (tertiary/aromatic N) is 2. The van der Waals surface area contributed by atoms with Crippen LogP contribution in [0.2, 0.25) is 0 Å². The fourth-order valence-corrected chi connectivity index (χ4v) is 1.98. The fourth-order valence-electron chi connectivity index (χ4n) is 1.16. The Labute approximate surface area is 93.2 Å². The smallest absolute Gasteiger partial charge is 0.188 e. The lowest BCUT2D eigenvalue weighted by Gasteiger charge is -2.00. The Morgan fingerprint density at radius 1 is 1.27 bits per heavy atom. The van der Waals surface area contributed by atoms with Crippen LogP contribution in [-0.2, 0) is 0 Å². The fraction of sp³-hybridized carbons (Fsp3) is 0.273. The molecule has 2 heterocycles. The molecule has 0 spiro atoms. The SMILES string of the molecule is CC(C)c1cnc(Nc2ccccn2)s1. The summed E-state index contributed by atoms with van der Waals surface area (Å²) < 4.78 is 0. The average molecular weight is 219 g/mol. The van der Waals surface area contributed by atoms with Crippen molar-refractivity contribution in [3.05, 3.63) is 35.5 Å². The summed E-state index contributed by atoms with van der Waals surface area (Å²) in [6, 6.07) is 5.77. The Bertz CT molecular complexity index is 422. The van der Waals surface area contributed by atoms with E-state index < -0.39 is 0 Å². The molecule has 2 rings (SSSR count). The molecular formula is C11H13N3S. The number of thiazole rings is 1. The summed E-state index contributed by atoms with van der Waals surface area (Å²) in [4.78, 5) is 9.77. The predicted molar refractivity (Wildman–Crippen MR) is 63.7 cm³/mol. The maximum atomic E-state index is 4.30. The summed E-state index contributed by atoms with van der Waals surface area (Å²) in [5, 5.41) is 4.08. The van der Waals surface area contributed by atoms with E-state index in [1.54, 1.807) is 17.5 Å². The predicted octanol–water partition coefficient (Wildman–Crippen LogP) is 3.41. The highest BCUT2D eigenvalue weighted by molar-refractivity contribution is 7.15. The first-order chi connectivity index (χ1) is 7.25. The standard InChI is InChI=1S/C11H13N3S/c1-8(2)9-7-13-11(15-9)14-10-5-3-4-6-12-10/h3-8H,1-2H3,(H,12,13,14). The molecule has 1 N–H and O–H groups in total. The second kappa shape index (κ2) is 4.40. The minimum absolute atomic E-state index is 0.529. The van der Waals surface area contributed by atoms with E-state index in [-0.39, 0.29) is 0 Å². The topological polar surface area (TPSA) is 37.8 Å². The van der Waals surface area contributed by atoms with Crippen LogP contribution in [0.15, 0.2) is 30.6 Å². The van der Waals surface area contributed by atoms with Gasteiger partial charge in [0.15, 0.2) is 5.13 Å². The van der Waals surface area contributed by atoms with Crippen LogP contribution < -0.4 is 5.32 Å². The minimum Gasteiger partial charge on any atom is -0.316 e. The van der Waals surface area contributed by atoms with Gasteiger partial charge >= 0.3 is 0 Å². The largest absolute Gasteiger partial charge is 0.316 e. The van der Waals surface area contributed by atoms with Crippen molar-refractivity contribution in [3.8, 4) is 0 Å². The first kappa shape index (κ1) is 10.1. The zero-order valence-electron chi connectivity index (χ0n) is 8.77. The molecule has 2 aromatic heterocycles. The zero-order valence-corrected chi connectivity index (χ0v) is 9.58. The molecule has 0 aliphatic carbocycles. The highest BCUT2D eigenvalue weighted by Gasteiger charge is 2.05. The zero-order chi connectivity index (χ0) is 10.7. The molecule has 0 radical (unpaired) electrons. The molecule has 3 nitrogen and oxygen atoms in total. The third-order valence-electron chi connectivity index (χ3n) is 1.99. The van der Waals surface area contributed by atoms with Gasteiger partial charge in [0.2, 0.25) is 0 Å². The molecule has 2 aromatic rings. The molecule has 0 aromatic carbocycles. The molecule has 0 bridgehead atoms. The van der Waals surface area contributed by atoms with Crippen molar-refractivity contribution < 1.29 is 0 Å². The third kappa shape index (κ3) is 2.53. The number of hydrogen-bond acceptors (Lipinski definition) is 4. The monoisotopic (exact) mass is 219 g/mol. The molecule has 0 saturated heterocycles. The van der Waals surface area contributed by atoms with E-state index in [1.165, 1.54) is 4.88 Å². The first-order valence-corrected chi connectivity index (χ1v) is 5.71. The van der Waals surface area contributed by atoms with Gasteiger partial charge < -0.3 is 5.32 Å². The first-order valence-electron chi connectivity index (χ1n) is 4.89. The van der Waals surface area contributed by atoms with Crippen molar-refractivity contribution in [1.29, 1.82) is 0 Å². The quantitative estimate of drug-likeness (QED) is 0.859. The van der Waals surface area contributed by atoms with Crippen molar-refractivity contribution in [1.82, 2.24) is 9.97 Å². The summed E-state index contributed by atoms with van der Waals surface area (Å²) in [6.45, 7) is 4.33. The van der Waals surface area contributed by atoms with Crippen molar-refractivity contribution in [2.24, 2.45) is 0 Å². The summed E-state index contributed by atoms with van der Waals surface area (Å²) >= 11 is 1.67. The van der Waals surface area contributed by atoms with Crippen molar-refractivity contribution in [2.75, 3.05) is 5.32 Å². The van der Waals surface area contributed by atoms with Crippen LogP contribution in [0.25, 0.3) is 0 Å². The Morgan fingerprint density at radius 3 is 2.73 bits per heavy atom. The van der Waals surface area contributed by atoms with Crippen molar-refractivity contribution in [3.63, 3.8) is 0 Å². The van der Waals surface area contributed by atoms with Gasteiger partial charge in [0.05, 0.1) is 0 Å². The van der Waals surface area contributed by atoms with Crippen LogP contribution >= 0.6 is 11.3 Å². The lowest BCUT2D eigenvalue weighted by molar-refractivity contribution is 0.885. The van der Waals surface area contributed by atoms with Gasteiger partial charge in [-0.1, -0.05) is 19.9 Å². The van der Waals surface area contributed by atoms with Crippen LogP contribution in [0.5, 0.6) is 0 Å². The van der Waals surface area contributed by atoms with Crippen LogP contribution in [-0.4, -0.2) is 9.97 Å². The molecule has 0 amide bonds. The average Bonchev–Trinajstić information content (AvgIpc) is 2.68. The number of aromatic nitrogens is 2. The molecule has 78 valence electrons. The van der Waals surface area contributed by atoms with E-state index in [9.17, 15) is 0 Å². The number of rotatable bonds is 3. The van der Waals surface area contributed by atoms with E-state index in [2.05, 4.69) is 29.1 Å². The van der Waals surface area contributed by atoms with Gasteiger partial charge in [-0.2, -0.15) is 0 Å². The lowest BCUT2D eigenvalue weighted by Crippen LogP contribution is -1.90. The molecule has 0 fully saturated rings. The summed E-state index contributed by atoms with van der Waals surface area (Å²) in [7, 11) is 0. The summed E-state index contributed by atoms with van der Waals surface area (Å²) in [5.41, 5.74) is 0. The van der Waals surface area contributed by atoms with Crippen LogP contribution in [0, 0.1) is 0 Å². The molecule has 0 aliphatic rings. The molecule has 0 saturated carbocycles. The van der Waals surface area contributed by atoms with E-state index in [1.807, 2.05) is 24.4 Å². The molecule has 0 unspecified atom stereocenters.